The van der Waals surface area contributed by atoms with Crippen LogP contribution in [0.25, 0.3) is 0 Å². The molecule has 0 aromatic heterocycles. The van der Waals surface area contributed by atoms with Gasteiger partial charge in [-0.3, -0.25) is 4.79 Å². The molecule has 0 saturated carbocycles. The first-order chi connectivity index (χ1) is 13.5. The van der Waals surface area contributed by atoms with Crippen molar-refractivity contribution in [1.29, 1.82) is 0 Å². The number of amides is 1. The first-order valence-corrected chi connectivity index (χ1v) is 9.23. The lowest BCUT2D eigenvalue weighted by Crippen LogP contribution is -2.39. The van der Waals surface area contributed by atoms with Gasteiger partial charge in [-0.25, -0.2) is 9.38 Å². The molecule has 8 heteroatoms. The first kappa shape index (κ1) is 24.7. The van der Waals surface area contributed by atoms with E-state index in [9.17, 15) is 9.18 Å². The van der Waals surface area contributed by atoms with Crippen LogP contribution in [0.5, 0.6) is 5.75 Å². The smallest absolute Gasteiger partial charge is 0.246 e. The van der Waals surface area contributed by atoms with Crippen LogP contribution in [-0.2, 0) is 11.2 Å². The van der Waals surface area contributed by atoms with Crippen LogP contribution in [0.4, 0.5) is 10.1 Å². The van der Waals surface area contributed by atoms with Crippen LogP contribution in [0, 0.1) is 12.7 Å². The number of hydrogen-bond donors (Lipinski definition) is 3. The Kier molecular flexibility index (Phi) is 11.0. The van der Waals surface area contributed by atoms with E-state index in [2.05, 4.69) is 27.0 Å². The van der Waals surface area contributed by atoms with Crippen LogP contribution < -0.4 is 20.7 Å². The fraction of sp³-hybridized carbons (Fsp3) is 0.333. The highest BCUT2D eigenvalue weighted by molar-refractivity contribution is 14.0. The Morgan fingerprint density at radius 2 is 1.86 bits per heavy atom. The number of halogens is 2. The summed E-state index contributed by atoms with van der Waals surface area (Å²) in [6, 6.07) is 11.7. The van der Waals surface area contributed by atoms with Gasteiger partial charge in [-0.2, -0.15) is 0 Å². The number of ether oxygens (including phenoxy) is 1. The minimum absolute atomic E-state index is 0. The van der Waals surface area contributed by atoms with Crippen molar-refractivity contribution in [3.05, 3.63) is 59.4 Å². The highest BCUT2D eigenvalue weighted by Crippen LogP contribution is 2.19. The second kappa shape index (κ2) is 13.0. The van der Waals surface area contributed by atoms with Gasteiger partial charge in [0.15, 0.2) is 5.96 Å². The Balaban J connectivity index is 0.00000420. The topological polar surface area (TPSA) is 74.8 Å². The largest absolute Gasteiger partial charge is 0.496 e. The molecule has 2 aromatic rings. The summed E-state index contributed by atoms with van der Waals surface area (Å²) in [6.07, 6.45) is 0.761. The summed E-state index contributed by atoms with van der Waals surface area (Å²) in [7, 11) is 1.66. The number of rotatable bonds is 8. The number of carbonyl (C=O) groups excluding carboxylic acids is 1. The van der Waals surface area contributed by atoms with Crippen LogP contribution in [0.3, 0.4) is 0 Å². The highest BCUT2D eigenvalue weighted by atomic mass is 127. The highest BCUT2D eigenvalue weighted by Gasteiger charge is 2.06. The SMILES string of the molecule is CCNC(=NCC(=O)Nc1ccc(F)cc1)NCCc1cc(C)ccc1OC.I. The third-order valence-corrected chi connectivity index (χ3v) is 3.98. The van der Waals surface area contributed by atoms with Gasteiger partial charge < -0.3 is 20.7 Å². The van der Waals surface area contributed by atoms with E-state index in [1.165, 1.54) is 29.8 Å². The van der Waals surface area contributed by atoms with Gasteiger partial charge in [-0.15, -0.1) is 24.0 Å². The van der Waals surface area contributed by atoms with Crippen LogP contribution in [-0.4, -0.2) is 38.6 Å². The fourth-order valence-electron chi connectivity index (χ4n) is 2.64. The lowest BCUT2D eigenvalue weighted by molar-refractivity contribution is -0.114. The maximum atomic E-state index is 12.9. The summed E-state index contributed by atoms with van der Waals surface area (Å²) in [5.74, 6) is 0.792. The van der Waals surface area contributed by atoms with Crippen LogP contribution in [0.1, 0.15) is 18.1 Å². The van der Waals surface area contributed by atoms with E-state index in [1.54, 1.807) is 7.11 Å². The van der Waals surface area contributed by atoms with Crippen molar-refractivity contribution in [2.45, 2.75) is 20.3 Å². The van der Waals surface area contributed by atoms with Crippen LogP contribution in [0.15, 0.2) is 47.5 Å². The van der Waals surface area contributed by atoms with E-state index < -0.39 is 0 Å². The fourth-order valence-corrected chi connectivity index (χ4v) is 2.64. The summed E-state index contributed by atoms with van der Waals surface area (Å²) in [6.45, 7) is 5.28. The maximum Gasteiger partial charge on any atom is 0.246 e. The molecule has 0 radical (unpaired) electrons. The molecule has 2 rings (SSSR count). The van der Waals surface area contributed by atoms with Gasteiger partial charge in [-0.05, 0) is 56.2 Å². The van der Waals surface area contributed by atoms with E-state index in [4.69, 9.17) is 4.74 Å². The minimum Gasteiger partial charge on any atom is -0.496 e. The molecule has 0 heterocycles. The Morgan fingerprint density at radius 1 is 1.14 bits per heavy atom. The van der Waals surface area contributed by atoms with E-state index >= 15 is 0 Å². The van der Waals surface area contributed by atoms with Gasteiger partial charge in [0, 0.05) is 18.8 Å². The van der Waals surface area contributed by atoms with E-state index in [-0.39, 0.29) is 42.2 Å². The monoisotopic (exact) mass is 514 g/mol. The normalized spacial score (nSPS) is 10.7. The molecular formula is C21H28FIN4O2. The zero-order valence-electron chi connectivity index (χ0n) is 16.9. The van der Waals surface area contributed by atoms with Gasteiger partial charge in [0.25, 0.3) is 0 Å². The predicted molar refractivity (Wildman–Crippen MR) is 126 cm³/mol. The van der Waals surface area contributed by atoms with Crippen molar-refractivity contribution in [3.8, 4) is 5.75 Å². The second-order valence-electron chi connectivity index (χ2n) is 6.24. The van der Waals surface area contributed by atoms with E-state index in [0.717, 1.165) is 17.7 Å². The number of nitrogens with one attached hydrogen (secondary N) is 3. The van der Waals surface area contributed by atoms with E-state index in [0.29, 0.717) is 24.7 Å². The molecule has 0 bridgehead atoms. The van der Waals surface area contributed by atoms with Gasteiger partial charge >= 0.3 is 0 Å². The van der Waals surface area contributed by atoms with Crippen molar-refractivity contribution in [2.24, 2.45) is 4.99 Å². The van der Waals surface area contributed by atoms with Crippen molar-refractivity contribution in [2.75, 3.05) is 32.1 Å². The zero-order chi connectivity index (χ0) is 20.4. The molecule has 29 heavy (non-hydrogen) atoms. The van der Waals surface area contributed by atoms with E-state index in [1.807, 2.05) is 26.0 Å². The molecule has 0 unspecified atom stereocenters. The van der Waals surface area contributed by atoms with Crippen molar-refractivity contribution in [1.82, 2.24) is 10.6 Å². The molecule has 158 valence electrons. The van der Waals surface area contributed by atoms with Crippen LogP contribution in [0.2, 0.25) is 0 Å². The molecule has 0 spiro atoms. The van der Waals surface area contributed by atoms with Crippen molar-refractivity contribution in [3.63, 3.8) is 0 Å². The number of aliphatic imine (C=N–C) groups is 1. The molecule has 0 aliphatic carbocycles. The number of guanidine groups is 1. The second-order valence-corrected chi connectivity index (χ2v) is 6.24. The number of methoxy groups -OCH3 is 1. The average Bonchev–Trinajstić information content (AvgIpc) is 2.68. The van der Waals surface area contributed by atoms with Crippen molar-refractivity contribution >= 4 is 41.5 Å². The first-order valence-electron chi connectivity index (χ1n) is 9.23. The van der Waals surface area contributed by atoms with Gasteiger partial charge in [0.1, 0.15) is 18.1 Å². The Labute approximate surface area is 188 Å². The molecule has 0 atom stereocenters. The molecule has 0 fully saturated rings. The van der Waals surface area contributed by atoms with Crippen molar-refractivity contribution < 1.29 is 13.9 Å². The molecule has 0 aliphatic rings. The summed E-state index contributed by atoms with van der Waals surface area (Å²) in [5, 5.41) is 9.02. The third-order valence-electron chi connectivity index (χ3n) is 3.98. The molecule has 0 saturated heterocycles. The Hall–Kier alpha value is -2.36. The minimum atomic E-state index is -0.347. The predicted octanol–water partition coefficient (Wildman–Crippen LogP) is 3.50. The molecule has 1 amide bonds. The summed E-state index contributed by atoms with van der Waals surface area (Å²) in [4.78, 5) is 16.3. The molecular weight excluding hydrogens is 486 g/mol. The zero-order valence-corrected chi connectivity index (χ0v) is 19.3. The molecule has 6 nitrogen and oxygen atoms in total. The summed E-state index contributed by atoms with van der Waals surface area (Å²) in [5.41, 5.74) is 2.82. The molecule has 2 aromatic carbocycles. The Bertz CT molecular complexity index is 813. The number of nitrogens with zero attached hydrogens (tertiary/aromatic N) is 1. The van der Waals surface area contributed by atoms with Gasteiger partial charge in [0.05, 0.1) is 7.11 Å². The van der Waals surface area contributed by atoms with Gasteiger partial charge in [0.2, 0.25) is 5.91 Å². The van der Waals surface area contributed by atoms with Crippen LogP contribution >= 0.6 is 24.0 Å². The quantitative estimate of drug-likeness (QED) is 0.287. The average molecular weight is 514 g/mol. The summed E-state index contributed by atoms with van der Waals surface area (Å²) >= 11 is 0. The Morgan fingerprint density at radius 3 is 2.52 bits per heavy atom. The number of hydrogen-bond acceptors (Lipinski definition) is 3. The third kappa shape index (κ3) is 8.68. The molecule has 0 aliphatic heterocycles. The standard InChI is InChI=1S/C21H27FN4O2.HI/c1-4-23-21(24-12-11-16-13-15(2)5-10-19(16)28-3)25-14-20(27)26-18-8-6-17(22)7-9-18;/h5-10,13H,4,11-12,14H2,1-3H3,(H,26,27)(H2,23,24,25);1H. The molecule has 3 N–H and O–H groups in total. The maximum absolute atomic E-state index is 12.9. The number of anilines is 1. The summed E-state index contributed by atoms with van der Waals surface area (Å²) < 4.78 is 18.3. The van der Waals surface area contributed by atoms with Gasteiger partial charge in [-0.1, -0.05) is 17.7 Å². The number of aryl methyl sites for hydroxylation is 1. The lowest BCUT2D eigenvalue weighted by Gasteiger charge is -2.13. The number of carbonyl (C=O) groups is 1. The lowest BCUT2D eigenvalue weighted by atomic mass is 10.1. The number of benzene rings is 2.